The molecule has 1 heterocycles. The first kappa shape index (κ1) is 39.0. The Morgan fingerprint density at radius 2 is 1.76 bits per heavy atom. The minimum Gasteiger partial charge on any atom is -0.493 e. The fraction of sp³-hybridized carbons (Fsp3) is 0.765. The molecular formula is C34H59N3O7S. The number of amides is 2. The Morgan fingerprint density at radius 1 is 1.04 bits per heavy atom. The summed E-state index contributed by atoms with van der Waals surface area (Å²) >= 11 is 1.96. The van der Waals surface area contributed by atoms with Crippen LogP contribution in [0.15, 0.2) is 18.2 Å². The number of nitrogens with one attached hydrogen (secondary N) is 2. The minimum atomic E-state index is -0.936. The molecule has 4 atom stereocenters. The van der Waals surface area contributed by atoms with Crippen LogP contribution in [0.3, 0.4) is 0 Å². The quantitative estimate of drug-likeness (QED) is 0.182. The van der Waals surface area contributed by atoms with Crippen molar-refractivity contribution in [1.29, 1.82) is 0 Å². The van der Waals surface area contributed by atoms with Crippen LogP contribution >= 0.6 is 11.8 Å². The summed E-state index contributed by atoms with van der Waals surface area (Å²) in [6, 6.07) is 5.34. The molecule has 1 aliphatic rings. The first-order chi connectivity index (χ1) is 21.3. The number of ether oxygens (including phenoxy) is 4. The largest absolute Gasteiger partial charge is 0.493 e. The molecule has 10 nitrogen and oxygen atoms in total. The number of carbonyl (C=O) groups excluding carboxylic acids is 2. The lowest BCUT2D eigenvalue weighted by atomic mass is 9.82. The molecule has 0 saturated carbocycles. The van der Waals surface area contributed by atoms with Crippen molar-refractivity contribution in [1.82, 2.24) is 15.5 Å². The van der Waals surface area contributed by atoms with Gasteiger partial charge in [-0.25, -0.2) is 4.79 Å². The van der Waals surface area contributed by atoms with E-state index < -0.39 is 29.8 Å². The molecule has 0 radical (unpaired) electrons. The van der Waals surface area contributed by atoms with E-state index in [-0.39, 0.29) is 24.2 Å². The molecule has 45 heavy (non-hydrogen) atoms. The number of hydrogen-bond donors (Lipinski definition) is 3. The van der Waals surface area contributed by atoms with Crippen LogP contribution in [0.5, 0.6) is 11.5 Å². The summed E-state index contributed by atoms with van der Waals surface area (Å²) in [7, 11) is 3.29. The molecule has 4 unspecified atom stereocenters. The minimum absolute atomic E-state index is 0.0897. The lowest BCUT2D eigenvalue weighted by Gasteiger charge is -2.32. The third kappa shape index (κ3) is 15.3. The molecule has 2 amide bonds. The molecule has 11 heteroatoms. The van der Waals surface area contributed by atoms with Crippen LogP contribution in [0.25, 0.3) is 0 Å². The number of rotatable bonds is 19. The Bertz CT molecular complexity index is 1010. The van der Waals surface area contributed by atoms with Gasteiger partial charge in [0.15, 0.2) is 11.5 Å². The average Bonchev–Trinajstić information content (AvgIpc) is 2.98. The van der Waals surface area contributed by atoms with Gasteiger partial charge in [0.2, 0.25) is 5.91 Å². The Hall–Kier alpha value is -2.21. The predicted octanol–water partition coefficient (Wildman–Crippen LogP) is 4.76. The molecule has 1 fully saturated rings. The van der Waals surface area contributed by atoms with E-state index in [2.05, 4.69) is 29.4 Å². The summed E-state index contributed by atoms with van der Waals surface area (Å²) in [5, 5.41) is 17.4. The number of aliphatic hydroxyl groups excluding tert-OH is 1. The second-order valence-electron chi connectivity index (χ2n) is 13.3. The summed E-state index contributed by atoms with van der Waals surface area (Å²) in [6.07, 6.45) is 0.689. The number of nitrogens with zero attached hydrogens (tertiary/aromatic N) is 1. The summed E-state index contributed by atoms with van der Waals surface area (Å²) < 4.78 is 22.2. The third-order valence-electron chi connectivity index (χ3n) is 8.02. The zero-order chi connectivity index (χ0) is 33.4. The van der Waals surface area contributed by atoms with Crippen LogP contribution in [-0.4, -0.2) is 105 Å². The second-order valence-corrected chi connectivity index (χ2v) is 14.6. The Balaban J connectivity index is 2.12. The van der Waals surface area contributed by atoms with E-state index >= 15 is 0 Å². The Labute approximate surface area is 275 Å². The molecule has 3 N–H and O–H groups in total. The summed E-state index contributed by atoms with van der Waals surface area (Å²) in [5.74, 6) is 3.45. The zero-order valence-electron chi connectivity index (χ0n) is 28.9. The monoisotopic (exact) mass is 653 g/mol. The maximum Gasteiger partial charge on any atom is 0.407 e. The van der Waals surface area contributed by atoms with Gasteiger partial charge < -0.3 is 34.7 Å². The Kier molecular flexibility index (Phi) is 17.4. The summed E-state index contributed by atoms with van der Waals surface area (Å²) in [5.41, 5.74) is 0.391. The predicted molar refractivity (Wildman–Crippen MR) is 181 cm³/mol. The van der Waals surface area contributed by atoms with Gasteiger partial charge in [-0.1, -0.05) is 26.8 Å². The van der Waals surface area contributed by atoms with E-state index in [9.17, 15) is 14.7 Å². The molecule has 0 bridgehead atoms. The van der Waals surface area contributed by atoms with Crippen LogP contribution in [0.4, 0.5) is 4.79 Å². The van der Waals surface area contributed by atoms with E-state index in [1.807, 2.05) is 57.7 Å². The molecule has 1 aromatic carbocycles. The number of hydrogen-bond acceptors (Lipinski definition) is 9. The van der Waals surface area contributed by atoms with Gasteiger partial charge in [-0.15, -0.1) is 0 Å². The fourth-order valence-corrected chi connectivity index (χ4v) is 6.29. The standard InChI is InChI=1S/C34H59N3O7S/c1-24(2)27(21-26-10-11-30(42-8)31(22-26)43-17-9-16-41-7)23-28(36-33(40)44-34(4,5)6)29(38)20-25(3)32(39)35-12-13-37-14-18-45-19-15-37/h10-11,22,24-25,27-29,38H,9,12-21,23H2,1-8H3,(H,35,39)(H,36,40). The van der Waals surface area contributed by atoms with Crippen molar-refractivity contribution in [3.63, 3.8) is 0 Å². The molecule has 0 aliphatic carbocycles. The topological polar surface area (TPSA) is 119 Å². The van der Waals surface area contributed by atoms with Crippen LogP contribution in [0, 0.1) is 17.8 Å². The maximum atomic E-state index is 12.9. The lowest BCUT2D eigenvalue weighted by molar-refractivity contribution is -0.125. The van der Waals surface area contributed by atoms with E-state index in [1.165, 1.54) is 0 Å². The highest BCUT2D eigenvalue weighted by molar-refractivity contribution is 7.99. The fourth-order valence-electron chi connectivity index (χ4n) is 5.31. The van der Waals surface area contributed by atoms with Crippen molar-refractivity contribution in [3.05, 3.63) is 23.8 Å². The van der Waals surface area contributed by atoms with Crippen molar-refractivity contribution >= 4 is 23.8 Å². The van der Waals surface area contributed by atoms with Gasteiger partial charge in [0.25, 0.3) is 0 Å². The van der Waals surface area contributed by atoms with Crippen LogP contribution in [-0.2, 0) is 20.7 Å². The van der Waals surface area contributed by atoms with Crippen LogP contribution in [0.1, 0.15) is 66.4 Å². The van der Waals surface area contributed by atoms with Crippen LogP contribution in [0.2, 0.25) is 0 Å². The molecule has 2 rings (SSSR count). The highest BCUT2D eigenvalue weighted by atomic mass is 32.2. The third-order valence-corrected chi connectivity index (χ3v) is 8.96. The zero-order valence-corrected chi connectivity index (χ0v) is 29.7. The molecule has 1 aromatic rings. The second kappa shape index (κ2) is 20.1. The van der Waals surface area contributed by atoms with Gasteiger partial charge in [0.05, 0.1) is 25.9 Å². The maximum absolute atomic E-state index is 12.9. The first-order valence-corrected chi connectivity index (χ1v) is 17.5. The highest BCUT2D eigenvalue weighted by Gasteiger charge is 2.31. The molecule has 0 spiro atoms. The van der Waals surface area contributed by atoms with E-state index in [4.69, 9.17) is 18.9 Å². The highest BCUT2D eigenvalue weighted by Crippen LogP contribution is 2.32. The number of methoxy groups -OCH3 is 2. The molecular weight excluding hydrogens is 594 g/mol. The number of carbonyl (C=O) groups is 2. The van der Waals surface area contributed by atoms with Crippen molar-refractivity contribution in [2.45, 2.75) is 85.0 Å². The lowest BCUT2D eigenvalue weighted by Crippen LogP contribution is -2.48. The normalized spacial score (nSPS) is 16.8. The molecule has 1 aliphatic heterocycles. The number of thioether (sulfide) groups is 1. The Morgan fingerprint density at radius 3 is 2.38 bits per heavy atom. The first-order valence-electron chi connectivity index (χ1n) is 16.4. The number of benzene rings is 1. The average molecular weight is 654 g/mol. The summed E-state index contributed by atoms with van der Waals surface area (Å²) in [4.78, 5) is 28.2. The molecule has 0 aromatic heterocycles. The van der Waals surface area contributed by atoms with Gasteiger partial charge >= 0.3 is 6.09 Å². The van der Waals surface area contributed by atoms with Crippen LogP contribution < -0.4 is 20.1 Å². The van der Waals surface area contributed by atoms with Crippen molar-refractivity contribution < 1.29 is 33.6 Å². The van der Waals surface area contributed by atoms with E-state index in [1.54, 1.807) is 14.2 Å². The van der Waals surface area contributed by atoms with E-state index in [0.717, 1.165) is 43.1 Å². The van der Waals surface area contributed by atoms with Gasteiger partial charge in [-0.05, 0) is 69.6 Å². The number of aliphatic hydroxyl groups is 1. The van der Waals surface area contributed by atoms with Gasteiger partial charge in [0.1, 0.15) is 5.60 Å². The summed E-state index contributed by atoms with van der Waals surface area (Å²) in [6.45, 7) is 16.2. The van der Waals surface area contributed by atoms with Crippen molar-refractivity contribution in [2.24, 2.45) is 17.8 Å². The smallest absolute Gasteiger partial charge is 0.407 e. The van der Waals surface area contributed by atoms with Gasteiger partial charge in [0, 0.05) is 63.7 Å². The van der Waals surface area contributed by atoms with Gasteiger partial charge in [-0.2, -0.15) is 11.8 Å². The van der Waals surface area contributed by atoms with E-state index in [0.29, 0.717) is 44.1 Å². The molecule has 1 saturated heterocycles. The number of alkyl carbamates (subject to hydrolysis) is 1. The SMILES string of the molecule is COCCCOc1cc(CC(CC(NC(=O)OC(C)(C)C)C(O)CC(C)C(=O)NCCN2CCSCC2)C(C)C)ccc1OC. The van der Waals surface area contributed by atoms with Crippen molar-refractivity contribution in [3.8, 4) is 11.5 Å². The van der Waals surface area contributed by atoms with Crippen molar-refractivity contribution in [2.75, 3.05) is 65.1 Å². The molecule has 258 valence electrons. The van der Waals surface area contributed by atoms with Gasteiger partial charge in [-0.3, -0.25) is 9.69 Å².